The molecule has 0 N–H and O–H groups in total. The fourth-order valence-corrected chi connectivity index (χ4v) is 4.86. The number of aryl methyl sites for hydroxylation is 1. The van der Waals surface area contributed by atoms with Gasteiger partial charge in [-0.15, -0.1) is 10.2 Å². The van der Waals surface area contributed by atoms with Crippen LogP contribution in [-0.4, -0.2) is 30.9 Å². The fraction of sp³-hybridized carbons (Fsp3) is 0.269. The number of carbonyl (C=O) groups excluding carboxylic acids is 1. The summed E-state index contributed by atoms with van der Waals surface area (Å²) in [6.07, 6.45) is 0.733. The van der Waals surface area contributed by atoms with Crippen molar-refractivity contribution in [3.63, 3.8) is 0 Å². The molecule has 0 aliphatic heterocycles. The van der Waals surface area contributed by atoms with Gasteiger partial charge in [0.25, 0.3) is 0 Å². The van der Waals surface area contributed by atoms with Crippen LogP contribution in [0.1, 0.15) is 45.6 Å². The summed E-state index contributed by atoms with van der Waals surface area (Å²) in [6, 6.07) is 22.6. The Morgan fingerprint density at radius 3 is 2.22 bits per heavy atom. The lowest BCUT2D eigenvalue weighted by Gasteiger charge is -2.10. The molecule has 0 aliphatic carbocycles. The van der Waals surface area contributed by atoms with E-state index in [0.717, 1.165) is 47.4 Å². The van der Waals surface area contributed by atoms with Crippen molar-refractivity contribution < 1.29 is 4.79 Å². The Bertz CT molecular complexity index is 1200. The number of thioether (sulfide) groups is 1. The molecule has 0 radical (unpaired) electrons. The quantitative estimate of drug-likeness (QED) is 0.259. The lowest BCUT2D eigenvalue weighted by Crippen LogP contribution is -2.09. The Kier molecular flexibility index (Phi) is 6.90. The highest BCUT2D eigenvalue weighted by molar-refractivity contribution is 7.99. The predicted molar refractivity (Wildman–Crippen MR) is 129 cm³/mol. The van der Waals surface area contributed by atoms with E-state index in [1.54, 1.807) is 0 Å². The zero-order valence-electron chi connectivity index (χ0n) is 18.8. The van der Waals surface area contributed by atoms with Gasteiger partial charge < -0.3 is 9.13 Å². The molecule has 4 rings (SSSR count). The standard InChI is InChI=1S/C26H28N4OS/c1-4-29-25(16-21-11-7-5-8-12-21)27-28-26(29)32-18-24(31)23-15-19(2)30(20(23)3)17-22-13-9-6-10-14-22/h5-15H,4,16-18H2,1-3H3. The second kappa shape index (κ2) is 10.0. The summed E-state index contributed by atoms with van der Waals surface area (Å²) in [5.74, 6) is 1.39. The number of carbonyl (C=O) groups is 1. The van der Waals surface area contributed by atoms with E-state index in [1.807, 2.05) is 49.4 Å². The second-order valence-corrected chi connectivity index (χ2v) is 8.82. The lowest BCUT2D eigenvalue weighted by molar-refractivity contribution is 0.102. The van der Waals surface area contributed by atoms with E-state index in [4.69, 9.17) is 0 Å². The summed E-state index contributed by atoms with van der Waals surface area (Å²) in [6.45, 7) is 7.72. The third-order valence-corrected chi connectivity index (χ3v) is 6.67. The maximum absolute atomic E-state index is 13.1. The first-order valence-electron chi connectivity index (χ1n) is 10.9. The van der Waals surface area contributed by atoms with Crippen molar-refractivity contribution in [3.8, 4) is 0 Å². The van der Waals surface area contributed by atoms with Gasteiger partial charge in [0, 0.05) is 36.5 Å². The van der Waals surface area contributed by atoms with Crippen molar-refractivity contribution in [3.05, 3.63) is 101 Å². The Balaban J connectivity index is 1.46. The molecule has 32 heavy (non-hydrogen) atoms. The number of benzene rings is 2. The first kappa shape index (κ1) is 22.1. The Morgan fingerprint density at radius 2 is 1.56 bits per heavy atom. The first-order chi connectivity index (χ1) is 15.6. The highest BCUT2D eigenvalue weighted by Gasteiger charge is 2.18. The van der Waals surface area contributed by atoms with Crippen molar-refractivity contribution in [2.75, 3.05) is 5.75 Å². The van der Waals surface area contributed by atoms with Gasteiger partial charge in [-0.2, -0.15) is 0 Å². The molecule has 0 aliphatic rings. The molecule has 2 aromatic carbocycles. The van der Waals surface area contributed by atoms with Gasteiger partial charge in [0.15, 0.2) is 10.9 Å². The van der Waals surface area contributed by atoms with Crippen LogP contribution < -0.4 is 0 Å². The number of nitrogens with zero attached hydrogens (tertiary/aromatic N) is 4. The van der Waals surface area contributed by atoms with Crippen LogP contribution in [0.3, 0.4) is 0 Å². The van der Waals surface area contributed by atoms with Crippen molar-refractivity contribution in [1.82, 2.24) is 19.3 Å². The van der Waals surface area contributed by atoms with Gasteiger partial charge in [-0.3, -0.25) is 4.79 Å². The van der Waals surface area contributed by atoms with Gasteiger partial charge in [0.2, 0.25) is 0 Å². The Morgan fingerprint density at radius 1 is 0.906 bits per heavy atom. The fourth-order valence-electron chi connectivity index (χ4n) is 3.95. The molecule has 0 spiro atoms. The van der Waals surface area contributed by atoms with E-state index in [-0.39, 0.29) is 5.78 Å². The van der Waals surface area contributed by atoms with Gasteiger partial charge in [0.1, 0.15) is 5.82 Å². The van der Waals surface area contributed by atoms with Gasteiger partial charge in [-0.1, -0.05) is 72.4 Å². The number of rotatable bonds is 9. The molecule has 2 aromatic heterocycles. The van der Waals surface area contributed by atoms with E-state index in [1.165, 1.54) is 22.9 Å². The first-order valence-corrected chi connectivity index (χ1v) is 11.9. The molecule has 0 saturated heterocycles. The molecule has 0 saturated carbocycles. The lowest BCUT2D eigenvalue weighted by atomic mass is 10.1. The average molecular weight is 445 g/mol. The normalized spacial score (nSPS) is 11.1. The van der Waals surface area contributed by atoms with Gasteiger partial charge in [-0.25, -0.2) is 0 Å². The van der Waals surface area contributed by atoms with Crippen LogP contribution >= 0.6 is 11.8 Å². The summed E-state index contributed by atoms with van der Waals surface area (Å²) in [4.78, 5) is 13.1. The van der Waals surface area contributed by atoms with Crippen LogP contribution in [0.4, 0.5) is 0 Å². The van der Waals surface area contributed by atoms with Crippen molar-refractivity contribution in [2.45, 2.75) is 45.4 Å². The molecule has 4 aromatic rings. The van der Waals surface area contributed by atoms with E-state index in [2.05, 4.69) is 57.4 Å². The third kappa shape index (κ3) is 4.86. The van der Waals surface area contributed by atoms with Crippen molar-refractivity contribution in [2.24, 2.45) is 0 Å². The van der Waals surface area contributed by atoms with Crippen molar-refractivity contribution in [1.29, 1.82) is 0 Å². The Labute approximate surface area is 193 Å². The van der Waals surface area contributed by atoms with E-state index < -0.39 is 0 Å². The molecule has 5 nitrogen and oxygen atoms in total. The van der Waals surface area contributed by atoms with E-state index in [9.17, 15) is 4.79 Å². The maximum atomic E-state index is 13.1. The summed E-state index contributed by atoms with van der Waals surface area (Å²) in [7, 11) is 0. The van der Waals surface area contributed by atoms with E-state index in [0.29, 0.717) is 5.75 Å². The van der Waals surface area contributed by atoms with E-state index >= 15 is 0 Å². The zero-order valence-corrected chi connectivity index (χ0v) is 19.6. The summed E-state index contributed by atoms with van der Waals surface area (Å²) in [5, 5.41) is 9.56. The van der Waals surface area contributed by atoms with Crippen LogP contribution in [-0.2, 0) is 19.5 Å². The second-order valence-electron chi connectivity index (χ2n) is 7.87. The number of hydrogen-bond acceptors (Lipinski definition) is 4. The monoisotopic (exact) mass is 444 g/mol. The van der Waals surface area contributed by atoms with Crippen LogP contribution in [0.2, 0.25) is 0 Å². The van der Waals surface area contributed by atoms with Crippen molar-refractivity contribution >= 4 is 17.5 Å². The average Bonchev–Trinajstić information content (AvgIpc) is 3.33. The summed E-state index contributed by atoms with van der Waals surface area (Å²) < 4.78 is 4.31. The van der Waals surface area contributed by atoms with Gasteiger partial charge in [-0.05, 0) is 38.0 Å². The molecule has 164 valence electrons. The highest BCUT2D eigenvalue weighted by atomic mass is 32.2. The summed E-state index contributed by atoms with van der Waals surface area (Å²) in [5.41, 5.74) is 5.33. The molecule has 6 heteroatoms. The minimum Gasteiger partial charge on any atom is -0.344 e. The number of aromatic nitrogens is 4. The molecular weight excluding hydrogens is 416 g/mol. The largest absolute Gasteiger partial charge is 0.344 e. The number of hydrogen-bond donors (Lipinski definition) is 0. The molecule has 0 bridgehead atoms. The minimum atomic E-state index is 0.123. The molecule has 0 unspecified atom stereocenters. The molecular formula is C26H28N4OS. The SMILES string of the molecule is CCn1c(Cc2ccccc2)nnc1SCC(=O)c1cc(C)n(Cc2ccccc2)c1C. The van der Waals surface area contributed by atoms with Crippen LogP contribution in [0.5, 0.6) is 0 Å². The molecule has 2 heterocycles. The maximum Gasteiger partial charge on any atom is 0.191 e. The molecule has 0 amide bonds. The smallest absolute Gasteiger partial charge is 0.191 e. The van der Waals surface area contributed by atoms with Crippen LogP contribution in [0.25, 0.3) is 0 Å². The Hall–Kier alpha value is -3.12. The molecule has 0 atom stereocenters. The van der Waals surface area contributed by atoms with Crippen LogP contribution in [0, 0.1) is 13.8 Å². The number of Topliss-reactive ketones (excluding diaryl/α,β-unsaturated/α-hetero) is 1. The van der Waals surface area contributed by atoms with Crippen LogP contribution in [0.15, 0.2) is 71.9 Å². The molecule has 0 fully saturated rings. The van der Waals surface area contributed by atoms with Gasteiger partial charge in [0.05, 0.1) is 5.75 Å². The number of ketones is 1. The van der Waals surface area contributed by atoms with Gasteiger partial charge >= 0.3 is 0 Å². The topological polar surface area (TPSA) is 52.7 Å². The zero-order chi connectivity index (χ0) is 22.5. The minimum absolute atomic E-state index is 0.123. The predicted octanol–water partition coefficient (Wildman–Crippen LogP) is 5.33. The highest BCUT2D eigenvalue weighted by Crippen LogP contribution is 2.23. The summed E-state index contributed by atoms with van der Waals surface area (Å²) >= 11 is 1.46. The third-order valence-electron chi connectivity index (χ3n) is 5.70.